The first-order chi connectivity index (χ1) is 3.79. The van der Waals surface area contributed by atoms with Crippen LogP contribution in [0.3, 0.4) is 0 Å². The predicted molar refractivity (Wildman–Crippen MR) is 26.6 cm³/mol. The Bertz CT molecular complexity index is 141. The molecule has 0 spiro atoms. The van der Waals surface area contributed by atoms with E-state index < -0.39 is 0 Å². The van der Waals surface area contributed by atoms with Gasteiger partial charge in [0.05, 0.1) is 6.20 Å². The number of nitrogens with zero attached hydrogens (tertiary/aromatic N) is 1. The van der Waals surface area contributed by atoms with Gasteiger partial charge in [0, 0.05) is 6.08 Å². The molecule has 3 N–H and O–H groups in total. The number of nitrogens with one attached hydrogen (secondary N) is 1. The third kappa shape index (κ3) is 0.913. The van der Waals surface area contributed by atoms with Crippen molar-refractivity contribution in [2.75, 3.05) is 0 Å². The number of aliphatic hydroxyl groups is 1. The van der Waals surface area contributed by atoms with Gasteiger partial charge in [-0.2, -0.15) is 5.17 Å². The van der Waals surface area contributed by atoms with E-state index in [2.05, 4.69) is 5.43 Å². The maximum absolute atomic E-state index is 8.58. The SMILES string of the molecule is OC1=CC=CN(O)N1. The smallest absolute Gasteiger partial charge is 0.205 e. The molecule has 1 rings (SSSR count). The molecule has 0 aromatic rings. The molecule has 0 saturated carbocycles. The van der Waals surface area contributed by atoms with E-state index in [4.69, 9.17) is 10.3 Å². The summed E-state index contributed by atoms with van der Waals surface area (Å²) in [5.41, 5.74) is 2.20. The highest BCUT2D eigenvalue weighted by atomic mass is 16.5. The van der Waals surface area contributed by atoms with Crippen molar-refractivity contribution in [3.05, 3.63) is 24.2 Å². The van der Waals surface area contributed by atoms with Gasteiger partial charge in [0.15, 0.2) is 0 Å². The molecule has 0 saturated heterocycles. The second-order valence-electron chi connectivity index (χ2n) is 1.35. The van der Waals surface area contributed by atoms with Crippen LogP contribution >= 0.6 is 0 Å². The van der Waals surface area contributed by atoms with Crippen LogP contribution in [0, 0.1) is 0 Å². The van der Waals surface area contributed by atoms with Crippen molar-refractivity contribution in [1.29, 1.82) is 0 Å². The molecule has 1 aliphatic heterocycles. The largest absolute Gasteiger partial charge is 0.494 e. The molecule has 4 nitrogen and oxygen atoms in total. The van der Waals surface area contributed by atoms with Crippen LogP contribution in [-0.4, -0.2) is 15.5 Å². The van der Waals surface area contributed by atoms with Crippen molar-refractivity contribution >= 4 is 0 Å². The van der Waals surface area contributed by atoms with Crippen LogP contribution in [0.1, 0.15) is 0 Å². The summed E-state index contributed by atoms with van der Waals surface area (Å²) in [6.07, 6.45) is 4.29. The molecule has 0 bridgehead atoms. The maximum Gasteiger partial charge on any atom is 0.205 e. The van der Waals surface area contributed by atoms with E-state index >= 15 is 0 Å². The Labute approximate surface area is 46.3 Å². The second kappa shape index (κ2) is 1.75. The molecule has 0 radical (unpaired) electrons. The fourth-order valence-corrected chi connectivity index (χ4v) is 0.408. The summed E-state index contributed by atoms with van der Waals surface area (Å²) >= 11 is 0. The van der Waals surface area contributed by atoms with Crippen LogP contribution in [0.2, 0.25) is 0 Å². The van der Waals surface area contributed by atoms with E-state index in [-0.39, 0.29) is 5.88 Å². The van der Waals surface area contributed by atoms with Gasteiger partial charge in [0.25, 0.3) is 0 Å². The summed E-state index contributed by atoms with van der Waals surface area (Å²) in [5, 5.41) is 17.8. The average Bonchev–Trinajstić information content (AvgIpc) is 1.64. The van der Waals surface area contributed by atoms with Gasteiger partial charge in [-0.05, 0) is 6.08 Å². The van der Waals surface area contributed by atoms with Crippen LogP contribution < -0.4 is 5.43 Å². The fourth-order valence-electron chi connectivity index (χ4n) is 0.408. The average molecular weight is 114 g/mol. The highest BCUT2D eigenvalue weighted by Gasteiger charge is 1.97. The number of hydroxylamine groups is 1. The lowest BCUT2D eigenvalue weighted by molar-refractivity contribution is -0.0907. The number of aliphatic hydroxyl groups excluding tert-OH is 1. The van der Waals surface area contributed by atoms with Gasteiger partial charge in [0.1, 0.15) is 0 Å². The summed E-state index contributed by atoms with van der Waals surface area (Å²) in [6.45, 7) is 0. The third-order valence-electron chi connectivity index (χ3n) is 0.710. The third-order valence-corrected chi connectivity index (χ3v) is 0.710. The molecular formula is C4H6N2O2. The summed E-state index contributed by atoms with van der Waals surface area (Å²) in [5.74, 6) is -0.0741. The van der Waals surface area contributed by atoms with E-state index in [1.165, 1.54) is 18.4 Å². The second-order valence-corrected chi connectivity index (χ2v) is 1.35. The lowest BCUT2D eigenvalue weighted by Crippen LogP contribution is -2.30. The Kier molecular flexibility index (Phi) is 1.09. The topological polar surface area (TPSA) is 55.7 Å². The van der Waals surface area contributed by atoms with Gasteiger partial charge < -0.3 is 5.11 Å². The highest BCUT2D eigenvalue weighted by molar-refractivity contribution is 5.07. The molecule has 1 aliphatic rings. The molecule has 44 valence electrons. The maximum atomic E-state index is 8.58. The van der Waals surface area contributed by atoms with Crippen molar-refractivity contribution in [2.45, 2.75) is 0 Å². The Hall–Kier alpha value is -1.16. The number of allylic oxidation sites excluding steroid dienone is 2. The number of hydrogen-bond donors (Lipinski definition) is 3. The molecule has 0 atom stereocenters. The zero-order valence-corrected chi connectivity index (χ0v) is 4.07. The minimum Gasteiger partial charge on any atom is -0.494 e. The van der Waals surface area contributed by atoms with Crippen molar-refractivity contribution < 1.29 is 10.3 Å². The molecule has 0 unspecified atom stereocenters. The summed E-state index contributed by atoms with van der Waals surface area (Å²) < 4.78 is 0. The normalized spacial score (nSPS) is 17.6. The van der Waals surface area contributed by atoms with Crippen LogP contribution in [0.15, 0.2) is 24.2 Å². The Morgan fingerprint density at radius 3 is 2.75 bits per heavy atom. The standard InChI is InChI=1S/C4H6N2O2/c7-4-2-1-3-6(8)5-4/h1-3,5,7-8H. The van der Waals surface area contributed by atoms with E-state index in [0.717, 1.165) is 0 Å². The minimum atomic E-state index is -0.0741. The Morgan fingerprint density at radius 1 is 1.62 bits per heavy atom. The first-order valence-corrected chi connectivity index (χ1v) is 2.11. The first kappa shape index (κ1) is 4.99. The van der Waals surface area contributed by atoms with Gasteiger partial charge in [-0.15, -0.1) is 0 Å². The molecule has 0 amide bonds. The molecule has 0 aliphatic carbocycles. The van der Waals surface area contributed by atoms with E-state index in [1.54, 1.807) is 0 Å². The van der Waals surface area contributed by atoms with Crippen LogP contribution in [-0.2, 0) is 0 Å². The van der Waals surface area contributed by atoms with Crippen molar-refractivity contribution in [3.8, 4) is 0 Å². The number of rotatable bonds is 0. The lowest BCUT2D eigenvalue weighted by atomic mass is 10.5. The fraction of sp³-hybridized carbons (Fsp3) is 0. The monoisotopic (exact) mass is 114 g/mol. The minimum absolute atomic E-state index is 0.0741. The summed E-state index contributed by atoms with van der Waals surface area (Å²) in [6, 6.07) is 0. The molecule has 0 aromatic heterocycles. The van der Waals surface area contributed by atoms with Crippen molar-refractivity contribution in [2.24, 2.45) is 0 Å². The van der Waals surface area contributed by atoms with Crippen LogP contribution in [0.25, 0.3) is 0 Å². The van der Waals surface area contributed by atoms with E-state index in [0.29, 0.717) is 5.17 Å². The first-order valence-electron chi connectivity index (χ1n) is 2.11. The van der Waals surface area contributed by atoms with Crippen LogP contribution in [0.4, 0.5) is 0 Å². The quantitative estimate of drug-likeness (QED) is 0.418. The zero-order valence-electron chi connectivity index (χ0n) is 4.07. The molecule has 0 fully saturated rings. The highest BCUT2D eigenvalue weighted by Crippen LogP contribution is 1.92. The van der Waals surface area contributed by atoms with Gasteiger partial charge in [-0.3, -0.25) is 5.21 Å². The predicted octanol–water partition coefficient (Wildman–Crippen LogP) is 0.109. The summed E-state index contributed by atoms with van der Waals surface area (Å²) in [7, 11) is 0. The summed E-state index contributed by atoms with van der Waals surface area (Å²) in [4.78, 5) is 0. The van der Waals surface area contributed by atoms with E-state index in [1.807, 2.05) is 0 Å². The van der Waals surface area contributed by atoms with Gasteiger partial charge >= 0.3 is 0 Å². The Morgan fingerprint density at radius 2 is 2.38 bits per heavy atom. The molecule has 4 heteroatoms. The molecule has 0 aromatic carbocycles. The van der Waals surface area contributed by atoms with Gasteiger partial charge in [0.2, 0.25) is 5.88 Å². The van der Waals surface area contributed by atoms with Crippen molar-refractivity contribution in [1.82, 2.24) is 10.6 Å². The Balaban J connectivity index is 2.59. The van der Waals surface area contributed by atoms with Crippen LogP contribution in [0.5, 0.6) is 0 Å². The number of hydrazine groups is 1. The van der Waals surface area contributed by atoms with Crippen molar-refractivity contribution in [3.63, 3.8) is 0 Å². The zero-order chi connectivity index (χ0) is 5.98. The lowest BCUT2D eigenvalue weighted by Gasteiger charge is -2.15. The molecule has 1 heterocycles. The van der Waals surface area contributed by atoms with E-state index in [9.17, 15) is 0 Å². The van der Waals surface area contributed by atoms with Gasteiger partial charge in [-0.25, -0.2) is 5.43 Å². The molecule has 8 heavy (non-hydrogen) atoms. The van der Waals surface area contributed by atoms with Gasteiger partial charge in [-0.1, -0.05) is 0 Å². The number of hydrogen-bond acceptors (Lipinski definition) is 4. The molecular weight excluding hydrogens is 108 g/mol.